The van der Waals surface area contributed by atoms with Gasteiger partial charge in [-0.05, 0) is 44.0 Å². The van der Waals surface area contributed by atoms with Gasteiger partial charge in [0.1, 0.15) is 5.75 Å². The van der Waals surface area contributed by atoms with Crippen molar-refractivity contribution in [2.45, 2.75) is 27.2 Å². The van der Waals surface area contributed by atoms with E-state index in [4.69, 9.17) is 4.74 Å². The van der Waals surface area contributed by atoms with E-state index in [9.17, 15) is 0 Å². The number of aryl methyl sites for hydroxylation is 3. The van der Waals surface area contributed by atoms with E-state index >= 15 is 0 Å². The maximum absolute atomic E-state index is 5.73. The van der Waals surface area contributed by atoms with Crippen LogP contribution in [0.5, 0.6) is 5.75 Å². The van der Waals surface area contributed by atoms with E-state index in [1.807, 2.05) is 26.0 Å². The Bertz CT molecular complexity index is 483. The van der Waals surface area contributed by atoms with Gasteiger partial charge in [-0.3, -0.25) is 5.10 Å². The lowest BCUT2D eigenvalue weighted by molar-refractivity contribution is 0.321. The Morgan fingerprint density at radius 1 is 1.24 bits per heavy atom. The van der Waals surface area contributed by atoms with E-state index in [0.717, 1.165) is 23.6 Å². The van der Waals surface area contributed by atoms with Crippen LogP contribution in [0.15, 0.2) is 24.3 Å². The first-order chi connectivity index (χ1) is 8.16. The number of hydrogen-bond acceptors (Lipinski definition) is 2. The van der Waals surface area contributed by atoms with Crippen molar-refractivity contribution < 1.29 is 4.74 Å². The number of ether oxygens (including phenoxy) is 1. The van der Waals surface area contributed by atoms with Crippen molar-refractivity contribution in [3.05, 3.63) is 46.8 Å². The van der Waals surface area contributed by atoms with Crippen LogP contribution in [0.25, 0.3) is 0 Å². The van der Waals surface area contributed by atoms with E-state index in [2.05, 4.69) is 29.3 Å². The van der Waals surface area contributed by atoms with Crippen LogP contribution in [0, 0.1) is 20.8 Å². The second-order valence-corrected chi connectivity index (χ2v) is 4.33. The van der Waals surface area contributed by atoms with E-state index in [0.29, 0.717) is 6.61 Å². The van der Waals surface area contributed by atoms with Gasteiger partial charge in [0.15, 0.2) is 0 Å². The lowest BCUT2D eigenvalue weighted by atomic mass is 10.1. The van der Waals surface area contributed by atoms with Crippen LogP contribution in [-0.2, 0) is 6.42 Å². The molecule has 0 amide bonds. The van der Waals surface area contributed by atoms with Crippen LogP contribution >= 0.6 is 0 Å². The highest BCUT2D eigenvalue weighted by molar-refractivity contribution is 5.28. The van der Waals surface area contributed by atoms with Gasteiger partial charge in [0.25, 0.3) is 0 Å². The number of hydrogen-bond donors (Lipinski definition) is 1. The molecule has 3 heteroatoms. The minimum Gasteiger partial charge on any atom is -0.493 e. The smallest absolute Gasteiger partial charge is 0.119 e. The number of benzene rings is 1. The molecule has 0 bridgehead atoms. The highest BCUT2D eigenvalue weighted by Crippen LogP contribution is 2.14. The SMILES string of the molecule is Cc1cccc(OCCc2c(C)n[nH]c2C)c1. The predicted molar refractivity (Wildman–Crippen MR) is 68.4 cm³/mol. The highest BCUT2D eigenvalue weighted by atomic mass is 16.5. The summed E-state index contributed by atoms with van der Waals surface area (Å²) in [6.45, 7) is 6.81. The fourth-order valence-electron chi connectivity index (χ4n) is 1.92. The summed E-state index contributed by atoms with van der Waals surface area (Å²) in [5, 5.41) is 7.16. The largest absolute Gasteiger partial charge is 0.493 e. The zero-order chi connectivity index (χ0) is 12.3. The van der Waals surface area contributed by atoms with Gasteiger partial charge < -0.3 is 4.74 Å². The molecule has 1 heterocycles. The maximum Gasteiger partial charge on any atom is 0.119 e. The number of aromatic amines is 1. The summed E-state index contributed by atoms with van der Waals surface area (Å²) in [5.74, 6) is 0.934. The first-order valence-corrected chi connectivity index (χ1v) is 5.86. The molecule has 0 spiro atoms. The minimum atomic E-state index is 0.685. The van der Waals surface area contributed by atoms with Gasteiger partial charge >= 0.3 is 0 Å². The molecule has 0 atom stereocenters. The van der Waals surface area contributed by atoms with Gasteiger partial charge in [0, 0.05) is 12.1 Å². The van der Waals surface area contributed by atoms with E-state index in [1.165, 1.54) is 11.1 Å². The summed E-state index contributed by atoms with van der Waals surface area (Å²) < 4.78 is 5.73. The van der Waals surface area contributed by atoms with Crippen molar-refractivity contribution in [1.82, 2.24) is 10.2 Å². The maximum atomic E-state index is 5.73. The number of aromatic nitrogens is 2. The topological polar surface area (TPSA) is 37.9 Å². The molecule has 3 nitrogen and oxygen atoms in total. The summed E-state index contributed by atoms with van der Waals surface area (Å²) in [7, 11) is 0. The van der Waals surface area contributed by atoms with Crippen molar-refractivity contribution in [1.29, 1.82) is 0 Å². The number of rotatable bonds is 4. The van der Waals surface area contributed by atoms with Crippen molar-refractivity contribution in [3.63, 3.8) is 0 Å². The van der Waals surface area contributed by atoms with Crippen LogP contribution in [0.4, 0.5) is 0 Å². The molecule has 2 aromatic rings. The van der Waals surface area contributed by atoms with Gasteiger partial charge in [0.05, 0.1) is 12.3 Å². The van der Waals surface area contributed by atoms with Crippen molar-refractivity contribution in [2.75, 3.05) is 6.61 Å². The van der Waals surface area contributed by atoms with Crippen LogP contribution in [0.1, 0.15) is 22.5 Å². The highest BCUT2D eigenvalue weighted by Gasteiger charge is 2.05. The Balaban J connectivity index is 1.92. The monoisotopic (exact) mass is 230 g/mol. The Morgan fingerprint density at radius 3 is 2.71 bits per heavy atom. The van der Waals surface area contributed by atoms with Crippen LogP contribution in [-0.4, -0.2) is 16.8 Å². The molecule has 0 saturated carbocycles. The fourth-order valence-corrected chi connectivity index (χ4v) is 1.92. The second kappa shape index (κ2) is 5.04. The molecular weight excluding hydrogens is 212 g/mol. The van der Waals surface area contributed by atoms with Crippen LogP contribution in [0.2, 0.25) is 0 Å². The number of H-pyrrole nitrogens is 1. The number of nitrogens with one attached hydrogen (secondary N) is 1. The van der Waals surface area contributed by atoms with Gasteiger partial charge in [0.2, 0.25) is 0 Å². The molecule has 17 heavy (non-hydrogen) atoms. The van der Waals surface area contributed by atoms with E-state index in [1.54, 1.807) is 0 Å². The quantitative estimate of drug-likeness (QED) is 0.876. The molecular formula is C14H18N2O. The van der Waals surface area contributed by atoms with Gasteiger partial charge in [-0.1, -0.05) is 12.1 Å². The lowest BCUT2D eigenvalue weighted by Gasteiger charge is -2.06. The zero-order valence-corrected chi connectivity index (χ0v) is 10.6. The Morgan fingerprint density at radius 2 is 2.06 bits per heavy atom. The second-order valence-electron chi connectivity index (χ2n) is 4.33. The summed E-state index contributed by atoms with van der Waals surface area (Å²) in [6, 6.07) is 8.12. The molecule has 0 aliphatic carbocycles. The zero-order valence-electron chi connectivity index (χ0n) is 10.6. The van der Waals surface area contributed by atoms with Gasteiger partial charge in [-0.2, -0.15) is 5.10 Å². The average Bonchev–Trinajstić information content (AvgIpc) is 2.61. The molecule has 0 radical (unpaired) electrons. The fraction of sp³-hybridized carbons (Fsp3) is 0.357. The van der Waals surface area contributed by atoms with Crippen LogP contribution in [0.3, 0.4) is 0 Å². The Labute approximate surface area is 102 Å². The van der Waals surface area contributed by atoms with Crippen LogP contribution < -0.4 is 4.74 Å². The van der Waals surface area contributed by atoms with E-state index < -0.39 is 0 Å². The third-order valence-electron chi connectivity index (χ3n) is 2.89. The molecule has 1 N–H and O–H groups in total. The summed E-state index contributed by atoms with van der Waals surface area (Å²) in [6.07, 6.45) is 0.891. The van der Waals surface area contributed by atoms with Crippen molar-refractivity contribution in [2.24, 2.45) is 0 Å². The first-order valence-electron chi connectivity index (χ1n) is 5.86. The molecule has 0 unspecified atom stereocenters. The summed E-state index contributed by atoms with van der Waals surface area (Å²) in [4.78, 5) is 0. The number of nitrogens with zero attached hydrogens (tertiary/aromatic N) is 1. The predicted octanol–water partition coefficient (Wildman–Crippen LogP) is 2.96. The van der Waals surface area contributed by atoms with Crippen molar-refractivity contribution >= 4 is 0 Å². The summed E-state index contributed by atoms with van der Waals surface area (Å²) in [5.41, 5.74) is 4.68. The molecule has 1 aromatic heterocycles. The molecule has 0 fully saturated rings. The Hall–Kier alpha value is -1.77. The first kappa shape index (κ1) is 11.7. The van der Waals surface area contributed by atoms with E-state index in [-0.39, 0.29) is 0 Å². The molecule has 0 aliphatic heterocycles. The Kier molecular flexibility index (Phi) is 3.47. The molecule has 90 valence electrons. The standard InChI is InChI=1S/C14H18N2O/c1-10-5-4-6-13(9-10)17-8-7-14-11(2)15-16-12(14)3/h4-6,9H,7-8H2,1-3H3,(H,15,16). The minimum absolute atomic E-state index is 0.685. The summed E-state index contributed by atoms with van der Waals surface area (Å²) >= 11 is 0. The van der Waals surface area contributed by atoms with Gasteiger partial charge in [-0.25, -0.2) is 0 Å². The average molecular weight is 230 g/mol. The lowest BCUT2D eigenvalue weighted by Crippen LogP contribution is -2.03. The normalized spacial score (nSPS) is 10.5. The van der Waals surface area contributed by atoms with Crippen molar-refractivity contribution in [3.8, 4) is 5.75 Å². The molecule has 0 saturated heterocycles. The van der Waals surface area contributed by atoms with Gasteiger partial charge in [-0.15, -0.1) is 0 Å². The molecule has 0 aliphatic rings. The third-order valence-corrected chi connectivity index (χ3v) is 2.89. The molecule has 2 rings (SSSR count). The molecule has 1 aromatic carbocycles. The third kappa shape index (κ3) is 2.87.